The Kier molecular flexibility index (Phi) is 4.69. The molecule has 5 nitrogen and oxygen atoms in total. The van der Waals surface area contributed by atoms with Crippen LogP contribution in [0.4, 0.5) is 0 Å². The van der Waals surface area contributed by atoms with Gasteiger partial charge in [0.25, 0.3) is 5.91 Å². The van der Waals surface area contributed by atoms with Gasteiger partial charge in [-0.3, -0.25) is 4.79 Å². The summed E-state index contributed by atoms with van der Waals surface area (Å²) in [7, 11) is 0. The molecule has 0 aliphatic heterocycles. The molecule has 0 spiro atoms. The number of nitrogens with zero attached hydrogens (tertiary/aromatic N) is 2. The van der Waals surface area contributed by atoms with Gasteiger partial charge in [0, 0.05) is 24.8 Å². The Morgan fingerprint density at radius 1 is 1.59 bits per heavy atom. The number of hydrogen-bond acceptors (Lipinski definition) is 3. The lowest BCUT2D eigenvalue weighted by Gasteiger charge is -2.25. The van der Waals surface area contributed by atoms with Gasteiger partial charge in [0.05, 0.1) is 6.33 Å². The molecule has 1 aromatic rings. The second kappa shape index (κ2) is 5.82. The van der Waals surface area contributed by atoms with E-state index in [1.807, 2.05) is 18.4 Å². The second-order valence-corrected chi connectivity index (χ2v) is 4.87. The Balaban J connectivity index is 2.63. The minimum absolute atomic E-state index is 0.126. The Bertz CT molecular complexity index is 370. The third-order valence-corrected chi connectivity index (χ3v) is 2.58. The molecule has 0 saturated heterocycles. The zero-order valence-electron chi connectivity index (χ0n) is 10.9. The van der Waals surface area contributed by atoms with Crippen LogP contribution in [0, 0.1) is 0 Å². The maximum Gasteiger partial charge on any atom is 0.271 e. The Labute approximate surface area is 102 Å². The van der Waals surface area contributed by atoms with Crippen LogP contribution in [0.15, 0.2) is 12.5 Å². The first-order valence-electron chi connectivity index (χ1n) is 6.03. The summed E-state index contributed by atoms with van der Waals surface area (Å²) in [5, 5.41) is 2.98. The average Bonchev–Trinajstić information content (AvgIpc) is 2.66. The van der Waals surface area contributed by atoms with Crippen LogP contribution >= 0.6 is 0 Å². The Morgan fingerprint density at radius 3 is 2.88 bits per heavy atom. The van der Waals surface area contributed by atoms with Crippen molar-refractivity contribution < 1.29 is 4.79 Å². The van der Waals surface area contributed by atoms with E-state index < -0.39 is 0 Å². The SMILES string of the molecule is CCCC(C)(C)NC(=O)c1cn(CCN)cn1. The summed E-state index contributed by atoms with van der Waals surface area (Å²) in [6, 6.07) is 0. The van der Waals surface area contributed by atoms with E-state index in [0.717, 1.165) is 12.8 Å². The highest BCUT2D eigenvalue weighted by molar-refractivity contribution is 5.92. The molecule has 3 N–H and O–H groups in total. The Hall–Kier alpha value is -1.36. The summed E-state index contributed by atoms with van der Waals surface area (Å²) in [4.78, 5) is 16.0. The molecule has 1 aromatic heterocycles. The van der Waals surface area contributed by atoms with Gasteiger partial charge in [-0.25, -0.2) is 4.98 Å². The maximum absolute atomic E-state index is 11.9. The predicted molar refractivity (Wildman–Crippen MR) is 67.7 cm³/mol. The summed E-state index contributed by atoms with van der Waals surface area (Å²) in [6.45, 7) is 7.36. The number of amides is 1. The molecule has 0 aromatic carbocycles. The highest BCUT2D eigenvalue weighted by Crippen LogP contribution is 2.11. The largest absolute Gasteiger partial charge is 0.346 e. The molecule has 1 amide bonds. The van der Waals surface area contributed by atoms with Crippen molar-refractivity contribution in [2.75, 3.05) is 6.54 Å². The lowest BCUT2D eigenvalue weighted by Crippen LogP contribution is -2.43. The third-order valence-electron chi connectivity index (χ3n) is 2.58. The molecule has 0 saturated carbocycles. The van der Waals surface area contributed by atoms with Crippen molar-refractivity contribution in [1.82, 2.24) is 14.9 Å². The molecule has 96 valence electrons. The van der Waals surface area contributed by atoms with Crippen LogP contribution in [0.2, 0.25) is 0 Å². The van der Waals surface area contributed by atoms with Crippen molar-refractivity contribution in [1.29, 1.82) is 0 Å². The average molecular weight is 238 g/mol. The fourth-order valence-electron chi connectivity index (χ4n) is 1.81. The van der Waals surface area contributed by atoms with Crippen LogP contribution in [0.25, 0.3) is 0 Å². The standard InChI is InChI=1S/C12H22N4O/c1-4-5-12(2,3)15-11(17)10-8-16(7-6-13)9-14-10/h8-9H,4-7,13H2,1-3H3,(H,15,17). The number of carbonyl (C=O) groups is 1. The first-order chi connectivity index (χ1) is 7.98. The van der Waals surface area contributed by atoms with E-state index >= 15 is 0 Å². The molecule has 0 aliphatic rings. The number of nitrogens with one attached hydrogen (secondary N) is 1. The number of nitrogens with two attached hydrogens (primary N) is 1. The van der Waals surface area contributed by atoms with Gasteiger partial charge in [0.1, 0.15) is 5.69 Å². The van der Waals surface area contributed by atoms with Crippen LogP contribution < -0.4 is 11.1 Å². The molecular weight excluding hydrogens is 216 g/mol. The Morgan fingerprint density at radius 2 is 2.29 bits per heavy atom. The number of aromatic nitrogens is 2. The minimum atomic E-state index is -0.191. The van der Waals surface area contributed by atoms with Crippen LogP contribution in [0.3, 0.4) is 0 Å². The highest BCUT2D eigenvalue weighted by Gasteiger charge is 2.21. The normalized spacial score (nSPS) is 11.5. The molecule has 0 fully saturated rings. The fraction of sp³-hybridized carbons (Fsp3) is 0.667. The molecular formula is C12H22N4O. The van der Waals surface area contributed by atoms with Crippen molar-refractivity contribution in [3.05, 3.63) is 18.2 Å². The first kappa shape index (κ1) is 13.7. The third kappa shape index (κ3) is 4.19. The zero-order valence-corrected chi connectivity index (χ0v) is 10.9. The van der Waals surface area contributed by atoms with Crippen molar-refractivity contribution >= 4 is 5.91 Å². The molecule has 0 bridgehead atoms. The maximum atomic E-state index is 11.9. The van der Waals surface area contributed by atoms with E-state index in [0.29, 0.717) is 18.8 Å². The molecule has 1 heterocycles. The van der Waals surface area contributed by atoms with Crippen molar-refractivity contribution in [3.8, 4) is 0 Å². The van der Waals surface area contributed by atoms with E-state index in [2.05, 4.69) is 17.2 Å². The summed E-state index contributed by atoms with van der Waals surface area (Å²) < 4.78 is 1.82. The fourth-order valence-corrected chi connectivity index (χ4v) is 1.81. The number of imidazole rings is 1. The molecule has 0 unspecified atom stereocenters. The van der Waals surface area contributed by atoms with E-state index in [1.165, 1.54) is 0 Å². The summed E-state index contributed by atoms with van der Waals surface area (Å²) in [5.41, 5.74) is 5.69. The van der Waals surface area contributed by atoms with Gasteiger partial charge < -0.3 is 15.6 Å². The highest BCUT2D eigenvalue weighted by atomic mass is 16.2. The number of rotatable bonds is 6. The van der Waals surface area contributed by atoms with Gasteiger partial charge in [0.2, 0.25) is 0 Å². The quantitative estimate of drug-likeness (QED) is 0.781. The zero-order chi connectivity index (χ0) is 12.9. The van der Waals surface area contributed by atoms with Crippen LogP contribution in [-0.2, 0) is 6.54 Å². The lowest BCUT2D eigenvalue weighted by molar-refractivity contribution is 0.0904. The van der Waals surface area contributed by atoms with Crippen LogP contribution in [0.5, 0.6) is 0 Å². The number of hydrogen-bond donors (Lipinski definition) is 2. The van der Waals surface area contributed by atoms with E-state index in [9.17, 15) is 4.79 Å². The van der Waals surface area contributed by atoms with Gasteiger partial charge in [0.15, 0.2) is 0 Å². The van der Waals surface area contributed by atoms with Gasteiger partial charge in [-0.05, 0) is 20.3 Å². The van der Waals surface area contributed by atoms with Crippen molar-refractivity contribution in [2.45, 2.75) is 45.7 Å². The minimum Gasteiger partial charge on any atom is -0.346 e. The van der Waals surface area contributed by atoms with Gasteiger partial charge >= 0.3 is 0 Å². The van der Waals surface area contributed by atoms with E-state index in [1.54, 1.807) is 12.5 Å². The second-order valence-electron chi connectivity index (χ2n) is 4.87. The van der Waals surface area contributed by atoms with Gasteiger partial charge in [-0.2, -0.15) is 0 Å². The van der Waals surface area contributed by atoms with Crippen molar-refractivity contribution in [3.63, 3.8) is 0 Å². The predicted octanol–water partition coefficient (Wildman–Crippen LogP) is 1.15. The first-order valence-corrected chi connectivity index (χ1v) is 6.03. The van der Waals surface area contributed by atoms with Crippen LogP contribution in [-0.4, -0.2) is 27.5 Å². The molecule has 5 heteroatoms. The smallest absolute Gasteiger partial charge is 0.271 e. The van der Waals surface area contributed by atoms with Crippen molar-refractivity contribution in [2.24, 2.45) is 5.73 Å². The molecule has 0 aliphatic carbocycles. The van der Waals surface area contributed by atoms with Gasteiger partial charge in [-0.15, -0.1) is 0 Å². The molecule has 0 radical (unpaired) electrons. The summed E-state index contributed by atoms with van der Waals surface area (Å²) >= 11 is 0. The van der Waals surface area contributed by atoms with Crippen LogP contribution in [0.1, 0.15) is 44.1 Å². The van der Waals surface area contributed by atoms with Gasteiger partial charge in [-0.1, -0.05) is 13.3 Å². The molecule has 17 heavy (non-hydrogen) atoms. The summed E-state index contributed by atoms with van der Waals surface area (Å²) in [5.74, 6) is -0.126. The number of carbonyl (C=O) groups excluding carboxylic acids is 1. The molecule has 0 atom stereocenters. The topological polar surface area (TPSA) is 72.9 Å². The monoisotopic (exact) mass is 238 g/mol. The molecule has 1 rings (SSSR count). The van der Waals surface area contributed by atoms with E-state index in [4.69, 9.17) is 5.73 Å². The lowest BCUT2D eigenvalue weighted by atomic mass is 9.99. The summed E-state index contributed by atoms with van der Waals surface area (Å²) in [6.07, 6.45) is 5.34. The van der Waals surface area contributed by atoms with E-state index in [-0.39, 0.29) is 11.4 Å².